The van der Waals surface area contributed by atoms with Crippen molar-refractivity contribution < 1.29 is 9.18 Å². The van der Waals surface area contributed by atoms with Crippen molar-refractivity contribution in [1.29, 1.82) is 5.26 Å². The molecule has 3 rings (SSSR count). The highest BCUT2D eigenvalue weighted by atomic mass is 32.1. The lowest BCUT2D eigenvalue weighted by atomic mass is 10.1. The zero-order valence-corrected chi connectivity index (χ0v) is 12.3. The SMILES string of the molecule is N#Cc1ccc(N2CCC(F)(C(=O)Nc3nccs3)C2)cn1. The van der Waals surface area contributed by atoms with Gasteiger partial charge in [-0.25, -0.2) is 14.4 Å². The number of aromatic nitrogens is 2. The van der Waals surface area contributed by atoms with E-state index in [0.29, 0.717) is 23.1 Å². The Labute approximate surface area is 130 Å². The van der Waals surface area contributed by atoms with E-state index in [1.807, 2.05) is 6.07 Å². The molecule has 1 N–H and O–H groups in total. The van der Waals surface area contributed by atoms with Crippen LogP contribution in [0.5, 0.6) is 0 Å². The predicted molar refractivity (Wildman–Crippen MR) is 80.4 cm³/mol. The van der Waals surface area contributed by atoms with E-state index >= 15 is 0 Å². The van der Waals surface area contributed by atoms with Gasteiger partial charge in [0.15, 0.2) is 5.13 Å². The fourth-order valence-electron chi connectivity index (χ4n) is 2.31. The lowest BCUT2D eigenvalue weighted by molar-refractivity contribution is -0.126. The topological polar surface area (TPSA) is 81.9 Å². The maximum Gasteiger partial charge on any atom is 0.265 e. The van der Waals surface area contributed by atoms with Crippen molar-refractivity contribution in [2.45, 2.75) is 12.1 Å². The minimum Gasteiger partial charge on any atom is -0.366 e. The molecule has 22 heavy (non-hydrogen) atoms. The Bertz CT molecular complexity index is 712. The van der Waals surface area contributed by atoms with Crippen LogP contribution in [0.25, 0.3) is 0 Å². The first-order valence-electron chi connectivity index (χ1n) is 6.62. The normalized spacial score (nSPS) is 20.6. The van der Waals surface area contributed by atoms with Gasteiger partial charge in [0.2, 0.25) is 5.67 Å². The number of amides is 1. The summed E-state index contributed by atoms with van der Waals surface area (Å²) in [6.07, 6.45) is 3.17. The first-order chi connectivity index (χ1) is 10.6. The maximum atomic E-state index is 14.8. The molecule has 8 heteroatoms. The molecule has 6 nitrogen and oxygen atoms in total. The summed E-state index contributed by atoms with van der Waals surface area (Å²) in [5.74, 6) is -0.674. The molecule has 1 aliphatic rings. The van der Waals surface area contributed by atoms with Gasteiger partial charge in [-0.1, -0.05) is 0 Å². The molecule has 1 unspecified atom stereocenters. The highest BCUT2D eigenvalue weighted by molar-refractivity contribution is 7.13. The average molecular weight is 317 g/mol. The molecule has 0 saturated carbocycles. The van der Waals surface area contributed by atoms with Crippen LogP contribution in [-0.2, 0) is 4.79 Å². The van der Waals surface area contributed by atoms with Crippen LogP contribution >= 0.6 is 11.3 Å². The summed E-state index contributed by atoms with van der Waals surface area (Å²) in [4.78, 5) is 21.7. The largest absolute Gasteiger partial charge is 0.366 e. The van der Waals surface area contributed by atoms with Crippen LogP contribution in [0.1, 0.15) is 12.1 Å². The van der Waals surface area contributed by atoms with Crippen molar-refractivity contribution in [3.63, 3.8) is 0 Å². The Balaban J connectivity index is 1.69. The fourth-order valence-corrected chi connectivity index (χ4v) is 2.84. The summed E-state index contributed by atoms with van der Waals surface area (Å²) in [5.41, 5.74) is -0.962. The number of thiazole rings is 1. The molecule has 0 radical (unpaired) electrons. The Morgan fingerprint density at radius 2 is 2.36 bits per heavy atom. The maximum absolute atomic E-state index is 14.8. The number of halogens is 1. The third-order valence-electron chi connectivity index (χ3n) is 3.51. The second-order valence-corrected chi connectivity index (χ2v) is 5.84. The molecule has 112 valence electrons. The number of rotatable bonds is 3. The van der Waals surface area contributed by atoms with Gasteiger partial charge in [0.1, 0.15) is 11.8 Å². The predicted octanol–water partition coefficient (Wildman–Crippen LogP) is 1.97. The molecular formula is C14H12FN5OS. The molecular weight excluding hydrogens is 305 g/mol. The van der Waals surface area contributed by atoms with E-state index in [1.54, 1.807) is 28.6 Å². The van der Waals surface area contributed by atoms with Crippen LogP contribution in [0.4, 0.5) is 15.2 Å². The number of alkyl halides is 1. The minimum atomic E-state index is -1.96. The third kappa shape index (κ3) is 2.76. The summed E-state index contributed by atoms with van der Waals surface area (Å²) < 4.78 is 14.8. The van der Waals surface area contributed by atoms with Gasteiger partial charge in [0.25, 0.3) is 5.91 Å². The summed E-state index contributed by atoms with van der Waals surface area (Å²) >= 11 is 1.25. The number of hydrogen-bond donors (Lipinski definition) is 1. The molecule has 0 spiro atoms. The number of carbonyl (C=O) groups is 1. The van der Waals surface area contributed by atoms with Gasteiger partial charge in [-0.2, -0.15) is 5.26 Å². The summed E-state index contributed by atoms with van der Waals surface area (Å²) in [6.45, 7) is 0.368. The van der Waals surface area contributed by atoms with E-state index in [2.05, 4.69) is 15.3 Å². The molecule has 1 saturated heterocycles. The molecule has 1 aliphatic heterocycles. The number of anilines is 2. The molecule has 2 aromatic heterocycles. The van der Waals surface area contributed by atoms with Gasteiger partial charge in [-0.15, -0.1) is 11.3 Å². The van der Waals surface area contributed by atoms with E-state index in [4.69, 9.17) is 5.26 Å². The van der Waals surface area contributed by atoms with E-state index < -0.39 is 11.6 Å². The average Bonchev–Trinajstić information content (AvgIpc) is 3.18. The summed E-state index contributed by atoms with van der Waals surface area (Å²) in [7, 11) is 0. The Kier molecular flexibility index (Phi) is 3.73. The monoisotopic (exact) mass is 317 g/mol. The number of nitrogens with zero attached hydrogens (tertiary/aromatic N) is 4. The van der Waals surface area contributed by atoms with Crippen LogP contribution in [-0.4, -0.2) is 34.6 Å². The molecule has 2 aromatic rings. The second-order valence-electron chi connectivity index (χ2n) is 4.94. The second kappa shape index (κ2) is 5.69. The molecule has 0 aromatic carbocycles. The number of hydrogen-bond acceptors (Lipinski definition) is 6. The quantitative estimate of drug-likeness (QED) is 0.936. The zero-order valence-electron chi connectivity index (χ0n) is 11.5. The minimum absolute atomic E-state index is 0.0439. The van der Waals surface area contributed by atoms with Crippen LogP contribution < -0.4 is 10.2 Å². The number of nitriles is 1. The third-order valence-corrected chi connectivity index (χ3v) is 4.20. The van der Waals surface area contributed by atoms with Gasteiger partial charge in [-0.3, -0.25) is 10.1 Å². The van der Waals surface area contributed by atoms with Gasteiger partial charge in [-0.05, 0) is 12.1 Å². The smallest absolute Gasteiger partial charge is 0.265 e. The molecule has 0 aliphatic carbocycles. The van der Waals surface area contributed by atoms with Crippen LogP contribution in [0.2, 0.25) is 0 Å². The lowest BCUT2D eigenvalue weighted by Gasteiger charge is -2.21. The lowest BCUT2D eigenvalue weighted by Crippen LogP contribution is -2.41. The first kappa shape index (κ1) is 14.4. The van der Waals surface area contributed by atoms with E-state index in [9.17, 15) is 9.18 Å². The summed E-state index contributed by atoms with van der Waals surface area (Å²) in [5, 5.41) is 13.3. The van der Waals surface area contributed by atoms with Crippen LogP contribution in [0.15, 0.2) is 29.9 Å². The van der Waals surface area contributed by atoms with Crippen molar-refractivity contribution in [3.8, 4) is 6.07 Å². The van der Waals surface area contributed by atoms with Gasteiger partial charge >= 0.3 is 0 Å². The molecule has 1 atom stereocenters. The first-order valence-corrected chi connectivity index (χ1v) is 7.50. The number of carbonyl (C=O) groups excluding carboxylic acids is 1. The molecule has 1 amide bonds. The van der Waals surface area contributed by atoms with E-state index in [1.165, 1.54) is 17.5 Å². The Morgan fingerprint density at radius 3 is 3.00 bits per heavy atom. The van der Waals surface area contributed by atoms with Crippen molar-refractivity contribution in [2.24, 2.45) is 0 Å². The van der Waals surface area contributed by atoms with E-state index in [-0.39, 0.29) is 13.0 Å². The van der Waals surface area contributed by atoms with Gasteiger partial charge in [0, 0.05) is 24.5 Å². The highest BCUT2D eigenvalue weighted by Crippen LogP contribution is 2.31. The number of nitrogens with one attached hydrogen (secondary N) is 1. The summed E-state index contributed by atoms with van der Waals surface area (Å²) in [6, 6.07) is 5.21. The highest BCUT2D eigenvalue weighted by Gasteiger charge is 2.45. The van der Waals surface area contributed by atoms with Crippen LogP contribution in [0, 0.1) is 11.3 Å². The van der Waals surface area contributed by atoms with Crippen molar-refractivity contribution in [1.82, 2.24) is 9.97 Å². The van der Waals surface area contributed by atoms with Crippen molar-refractivity contribution >= 4 is 28.1 Å². The van der Waals surface area contributed by atoms with Gasteiger partial charge < -0.3 is 4.90 Å². The van der Waals surface area contributed by atoms with Gasteiger partial charge in [0.05, 0.1) is 18.4 Å². The zero-order chi connectivity index (χ0) is 15.6. The van der Waals surface area contributed by atoms with Crippen LogP contribution in [0.3, 0.4) is 0 Å². The molecule has 1 fully saturated rings. The van der Waals surface area contributed by atoms with Crippen molar-refractivity contribution in [2.75, 3.05) is 23.3 Å². The Morgan fingerprint density at radius 1 is 1.50 bits per heavy atom. The molecule has 0 bridgehead atoms. The van der Waals surface area contributed by atoms with Crippen molar-refractivity contribution in [3.05, 3.63) is 35.6 Å². The molecule has 3 heterocycles. The number of pyridine rings is 1. The fraction of sp³-hybridized carbons (Fsp3) is 0.286. The Hall–Kier alpha value is -2.53. The van der Waals surface area contributed by atoms with E-state index in [0.717, 1.165) is 0 Å². The standard InChI is InChI=1S/C14H12FN5OS/c15-14(12(21)19-13-17-4-6-22-13)3-5-20(9-14)11-2-1-10(7-16)18-8-11/h1-2,4,6,8H,3,5,9H2,(H,17,19,21).